The molecule has 200 valence electrons. The molecule has 1 unspecified atom stereocenters. The number of nitrogens with zero attached hydrogens (tertiary/aromatic N) is 3. The lowest BCUT2D eigenvalue weighted by Crippen LogP contribution is -2.68. The molecule has 3 atom stereocenters. The largest absolute Gasteiger partial charge is 0.493 e. The topological polar surface area (TPSA) is 110 Å². The maximum Gasteiger partial charge on any atom is 0.331 e. The molecule has 1 aromatic carbocycles. The molecule has 3 aliphatic rings. The Morgan fingerprint density at radius 2 is 1.84 bits per heavy atom. The Kier molecular flexibility index (Phi) is 6.83. The summed E-state index contributed by atoms with van der Waals surface area (Å²) < 4.78 is 12.6. The van der Waals surface area contributed by atoms with Crippen molar-refractivity contribution in [3.8, 4) is 11.5 Å². The maximum absolute atomic E-state index is 14.0. The van der Waals surface area contributed by atoms with E-state index in [0.717, 1.165) is 17.0 Å². The first-order valence-electron chi connectivity index (χ1n) is 12.7. The highest BCUT2D eigenvalue weighted by Crippen LogP contribution is 2.39. The van der Waals surface area contributed by atoms with E-state index in [1.165, 1.54) is 20.3 Å². The van der Waals surface area contributed by atoms with Crippen molar-refractivity contribution in [2.24, 2.45) is 11.3 Å². The second-order valence-electron chi connectivity index (χ2n) is 10.3. The van der Waals surface area contributed by atoms with Crippen molar-refractivity contribution in [1.29, 1.82) is 0 Å². The van der Waals surface area contributed by atoms with Crippen LogP contribution in [0.2, 0.25) is 0 Å². The lowest BCUT2D eigenvalue weighted by atomic mass is 9.75. The first-order valence-corrected chi connectivity index (χ1v) is 12.7. The molecule has 1 N–H and O–H groups in total. The number of piperidine rings is 1. The number of rotatable bonds is 8. The first-order chi connectivity index (χ1) is 18.3. The van der Waals surface area contributed by atoms with Gasteiger partial charge in [-0.3, -0.25) is 24.6 Å². The highest BCUT2D eigenvalue weighted by Gasteiger charge is 2.55. The van der Waals surface area contributed by atoms with Crippen molar-refractivity contribution < 1.29 is 23.9 Å². The lowest BCUT2D eigenvalue weighted by molar-refractivity contribution is -0.153. The van der Waals surface area contributed by atoms with Gasteiger partial charge in [-0.25, -0.2) is 4.79 Å². The van der Waals surface area contributed by atoms with Gasteiger partial charge in [-0.2, -0.15) is 0 Å². The number of carbonyl (C=O) groups excluding carboxylic acids is 3. The number of aromatic nitrogens is 1. The molecule has 1 aromatic heterocycles. The van der Waals surface area contributed by atoms with Crippen LogP contribution >= 0.6 is 0 Å². The van der Waals surface area contributed by atoms with Crippen LogP contribution in [0, 0.1) is 11.3 Å². The van der Waals surface area contributed by atoms with Gasteiger partial charge in [0.2, 0.25) is 11.8 Å². The number of imide groups is 2. The molecule has 2 fully saturated rings. The van der Waals surface area contributed by atoms with E-state index in [0.29, 0.717) is 36.7 Å². The normalized spacial score (nSPS) is 25.0. The maximum atomic E-state index is 14.0. The molecule has 2 saturated heterocycles. The van der Waals surface area contributed by atoms with E-state index in [4.69, 9.17) is 9.47 Å². The highest BCUT2D eigenvalue weighted by molar-refractivity contribution is 6.19. The Morgan fingerprint density at radius 1 is 1.05 bits per heavy atom. The summed E-state index contributed by atoms with van der Waals surface area (Å²) in [6.07, 6.45) is 2.49. The molecule has 0 saturated carbocycles. The Balaban J connectivity index is 1.51. The zero-order valence-corrected chi connectivity index (χ0v) is 21.6. The van der Waals surface area contributed by atoms with Crippen LogP contribution in [-0.2, 0) is 22.6 Å². The number of carbonyl (C=O) groups is 3. The molecule has 10 nitrogen and oxygen atoms in total. The first kappa shape index (κ1) is 25.7. The Hall–Kier alpha value is -3.92. The molecule has 5 rings (SSSR count). The van der Waals surface area contributed by atoms with Gasteiger partial charge in [-0.1, -0.05) is 18.2 Å². The number of hydrogen-bond acceptors (Lipinski definition) is 7. The number of fused-ring (bicyclic) bond motifs is 4. The fourth-order valence-electron chi connectivity index (χ4n) is 6.22. The summed E-state index contributed by atoms with van der Waals surface area (Å²) >= 11 is 0. The van der Waals surface area contributed by atoms with Crippen molar-refractivity contribution >= 4 is 17.8 Å². The molecular weight excluding hydrogens is 488 g/mol. The fourth-order valence-corrected chi connectivity index (χ4v) is 6.22. The van der Waals surface area contributed by atoms with Gasteiger partial charge in [0.1, 0.15) is 5.41 Å². The van der Waals surface area contributed by atoms with Crippen molar-refractivity contribution in [2.75, 3.05) is 40.4 Å². The summed E-state index contributed by atoms with van der Waals surface area (Å²) in [5.41, 5.74) is 0.137. The van der Waals surface area contributed by atoms with Gasteiger partial charge in [-0.05, 0) is 42.5 Å². The number of methoxy groups -OCH3 is 2. The van der Waals surface area contributed by atoms with Crippen LogP contribution in [0.5, 0.6) is 11.5 Å². The van der Waals surface area contributed by atoms with E-state index in [1.807, 2.05) is 10.6 Å². The van der Waals surface area contributed by atoms with E-state index in [2.05, 4.69) is 16.8 Å². The second-order valence-corrected chi connectivity index (χ2v) is 10.3. The zero-order valence-electron chi connectivity index (χ0n) is 21.6. The summed E-state index contributed by atoms with van der Waals surface area (Å²) in [6.45, 7) is 5.64. The zero-order chi connectivity index (χ0) is 27.0. The molecule has 0 spiro atoms. The van der Waals surface area contributed by atoms with Gasteiger partial charge in [0.15, 0.2) is 11.5 Å². The molecule has 38 heavy (non-hydrogen) atoms. The van der Waals surface area contributed by atoms with Gasteiger partial charge in [0, 0.05) is 50.4 Å². The molecule has 3 aliphatic heterocycles. The number of hydrogen-bond donors (Lipinski definition) is 1. The Morgan fingerprint density at radius 3 is 2.58 bits per heavy atom. The van der Waals surface area contributed by atoms with Crippen LogP contribution in [0.4, 0.5) is 4.79 Å². The van der Waals surface area contributed by atoms with Crippen LogP contribution in [-0.4, -0.2) is 72.6 Å². The van der Waals surface area contributed by atoms with E-state index < -0.39 is 23.3 Å². The quantitative estimate of drug-likeness (QED) is 0.417. The van der Waals surface area contributed by atoms with Crippen LogP contribution in [0.3, 0.4) is 0 Å². The standard InChI is InChI=1S/C28H32N4O6/c1-4-10-31-26(35)28(25(34)29-27(31)36,13-18-8-9-22(37-2)23(12-18)38-3)17-30-14-19-11-20(16-30)21-6-5-7-24(33)32(21)15-19/h4-9,12,19-20H,1,10-11,13-17H2,2-3H3,(H,29,34,36)/t19-,20-,28?/m1/s1. The average molecular weight is 521 g/mol. The molecule has 10 heteroatoms. The summed E-state index contributed by atoms with van der Waals surface area (Å²) in [5, 5.41) is 2.42. The van der Waals surface area contributed by atoms with Gasteiger partial charge >= 0.3 is 6.03 Å². The van der Waals surface area contributed by atoms with Crippen LogP contribution in [0.1, 0.15) is 23.6 Å². The summed E-state index contributed by atoms with van der Waals surface area (Å²) in [4.78, 5) is 55.8. The van der Waals surface area contributed by atoms with E-state index >= 15 is 0 Å². The Labute approximate surface area is 220 Å². The van der Waals surface area contributed by atoms with Gasteiger partial charge in [-0.15, -0.1) is 6.58 Å². The van der Waals surface area contributed by atoms with Crippen LogP contribution in [0.25, 0.3) is 0 Å². The van der Waals surface area contributed by atoms with Gasteiger partial charge < -0.3 is 18.9 Å². The van der Waals surface area contributed by atoms with Gasteiger partial charge in [0.25, 0.3) is 5.56 Å². The van der Waals surface area contributed by atoms with Crippen LogP contribution in [0.15, 0.2) is 53.8 Å². The molecule has 2 aromatic rings. The minimum atomic E-state index is -1.54. The summed E-state index contributed by atoms with van der Waals surface area (Å²) in [7, 11) is 3.06. The monoisotopic (exact) mass is 520 g/mol. The number of likely N-dealkylation sites (tertiary alicyclic amines) is 1. The smallest absolute Gasteiger partial charge is 0.331 e. The number of barbiturate groups is 1. The SMILES string of the molecule is C=CCN1C(=O)NC(=O)C(Cc2ccc(OC)c(OC)c2)(CN2C[C@H]3C[C@H](C2)c2cccc(=O)n2C3)C1=O. The molecule has 2 bridgehead atoms. The van der Waals surface area contributed by atoms with Crippen molar-refractivity contribution in [3.63, 3.8) is 0 Å². The fraction of sp³-hybridized carbons (Fsp3) is 0.429. The molecule has 4 heterocycles. The second kappa shape index (κ2) is 10.1. The number of ether oxygens (including phenoxy) is 2. The van der Waals surface area contributed by atoms with Crippen molar-refractivity contribution in [2.45, 2.75) is 25.3 Å². The number of urea groups is 1. The predicted octanol–water partition coefficient (Wildman–Crippen LogP) is 1.78. The molecule has 0 radical (unpaired) electrons. The van der Waals surface area contributed by atoms with E-state index in [-0.39, 0.29) is 36.9 Å². The minimum absolute atomic E-state index is 0.00371. The van der Waals surface area contributed by atoms with Crippen LogP contribution < -0.4 is 20.3 Å². The number of pyridine rings is 1. The van der Waals surface area contributed by atoms with Crippen molar-refractivity contribution in [3.05, 3.63) is 70.7 Å². The highest BCUT2D eigenvalue weighted by atomic mass is 16.5. The van der Waals surface area contributed by atoms with E-state index in [1.54, 1.807) is 30.3 Å². The molecule has 0 aliphatic carbocycles. The third kappa shape index (κ3) is 4.38. The van der Waals surface area contributed by atoms with Crippen molar-refractivity contribution in [1.82, 2.24) is 19.7 Å². The third-order valence-corrected chi connectivity index (χ3v) is 7.87. The van der Waals surface area contributed by atoms with Gasteiger partial charge in [0.05, 0.1) is 14.2 Å². The lowest BCUT2D eigenvalue weighted by Gasteiger charge is -2.47. The van der Waals surface area contributed by atoms with E-state index in [9.17, 15) is 19.2 Å². The minimum Gasteiger partial charge on any atom is -0.493 e. The molecular formula is C28H32N4O6. The summed E-state index contributed by atoms with van der Waals surface area (Å²) in [5.74, 6) is 0.181. The number of nitrogens with one attached hydrogen (secondary N) is 1. The number of benzene rings is 1. The number of amides is 4. The predicted molar refractivity (Wildman–Crippen MR) is 139 cm³/mol. The average Bonchev–Trinajstić information content (AvgIpc) is 2.90. The Bertz CT molecular complexity index is 1350. The summed E-state index contributed by atoms with van der Waals surface area (Å²) in [6, 6.07) is 9.88. The molecule has 4 amide bonds. The third-order valence-electron chi connectivity index (χ3n) is 7.87.